The fourth-order valence-corrected chi connectivity index (χ4v) is 1.59. The Morgan fingerprint density at radius 2 is 2.16 bits per heavy atom. The lowest BCUT2D eigenvalue weighted by Crippen LogP contribution is -2.35. The van der Waals surface area contributed by atoms with Crippen LogP contribution >= 0.6 is 0 Å². The first-order valence-electron chi connectivity index (χ1n) is 6.05. The number of nitrogens with zero attached hydrogens (tertiary/aromatic N) is 3. The fourth-order valence-electron chi connectivity index (χ4n) is 1.59. The minimum atomic E-state index is -0.333. The average Bonchev–Trinajstić information content (AvgIpc) is 2.88. The molecule has 1 amide bonds. The molecule has 19 heavy (non-hydrogen) atoms. The SMILES string of the molecule is CC(CO)NC(=O)c1cn(Cc2ccccc2)nn1. The van der Waals surface area contributed by atoms with E-state index in [-0.39, 0.29) is 24.2 Å². The van der Waals surface area contributed by atoms with Crippen LogP contribution in [0, 0.1) is 0 Å². The Kier molecular flexibility index (Phi) is 4.25. The molecule has 0 aliphatic rings. The molecular formula is C13H16N4O2. The van der Waals surface area contributed by atoms with Gasteiger partial charge in [-0.3, -0.25) is 4.79 Å². The number of hydrogen-bond donors (Lipinski definition) is 2. The summed E-state index contributed by atoms with van der Waals surface area (Å²) in [6.07, 6.45) is 1.59. The summed E-state index contributed by atoms with van der Waals surface area (Å²) in [4.78, 5) is 11.7. The minimum Gasteiger partial charge on any atom is -0.394 e. The second-order valence-electron chi connectivity index (χ2n) is 4.34. The third kappa shape index (κ3) is 3.62. The van der Waals surface area contributed by atoms with Gasteiger partial charge in [0.25, 0.3) is 5.91 Å². The number of aliphatic hydroxyl groups excluding tert-OH is 1. The van der Waals surface area contributed by atoms with Crippen LogP contribution in [0.5, 0.6) is 0 Å². The molecule has 2 aromatic rings. The van der Waals surface area contributed by atoms with Gasteiger partial charge < -0.3 is 10.4 Å². The molecule has 0 bridgehead atoms. The van der Waals surface area contributed by atoms with Crippen molar-refractivity contribution in [2.24, 2.45) is 0 Å². The molecule has 2 N–H and O–H groups in total. The monoisotopic (exact) mass is 260 g/mol. The molecule has 0 saturated heterocycles. The molecule has 0 radical (unpaired) electrons. The number of aliphatic hydroxyl groups is 1. The maximum atomic E-state index is 11.7. The van der Waals surface area contributed by atoms with Crippen LogP contribution in [0.1, 0.15) is 23.0 Å². The summed E-state index contributed by atoms with van der Waals surface area (Å²) in [6, 6.07) is 9.50. The van der Waals surface area contributed by atoms with Gasteiger partial charge in [-0.1, -0.05) is 35.5 Å². The Morgan fingerprint density at radius 1 is 1.42 bits per heavy atom. The van der Waals surface area contributed by atoms with E-state index in [1.54, 1.807) is 17.8 Å². The molecule has 6 nitrogen and oxygen atoms in total. The van der Waals surface area contributed by atoms with Crippen molar-refractivity contribution >= 4 is 5.91 Å². The van der Waals surface area contributed by atoms with Crippen molar-refractivity contribution < 1.29 is 9.90 Å². The zero-order valence-corrected chi connectivity index (χ0v) is 10.7. The standard InChI is InChI=1S/C13H16N4O2/c1-10(9-18)14-13(19)12-8-17(16-15-12)7-11-5-3-2-4-6-11/h2-6,8,10,18H,7,9H2,1H3,(H,14,19). The second-order valence-corrected chi connectivity index (χ2v) is 4.34. The quantitative estimate of drug-likeness (QED) is 0.817. The van der Waals surface area contributed by atoms with E-state index in [4.69, 9.17) is 5.11 Å². The van der Waals surface area contributed by atoms with Crippen molar-refractivity contribution in [1.82, 2.24) is 20.3 Å². The van der Waals surface area contributed by atoms with Crippen molar-refractivity contribution in [1.29, 1.82) is 0 Å². The molecule has 1 heterocycles. The van der Waals surface area contributed by atoms with Crippen molar-refractivity contribution in [3.05, 3.63) is 47.8 Å². The average molecular weight is 260 g/mol. The molecule has 1 aromatic carbocycles. The van der Waals surface area contributed by atoms with Gasteiger partial charge in [-0.2, -0.15) is 0 Å². The molecule has 100 valence electrons. The molecule has 0 aliphatic carbocycles. The number of carbonyl (C=O) groups excluding carboxylic acids is 1. The Bertz CT molecular complexity index is 539. The molecule has 0 saturated carbocycles. The fraction of sp³-hybridized carbons (Fsp3) is 0.308. The Labute approximate surface area is 111 Å². The Balaban J connectivity index is 2.01. The molecular weight excluding hydrogens is 244 g/mol. The number of nitrogens with one attached hydrogen (secondary N) is 1. The maximum Gasteiger partial charge on any atom is 0.273 e. The summed E-state index contributed by atoms with van der Waals surface area (Å²) in [5.41, 5.74) is 1.33. The lowest BCUT2D eigenvalue weighted by atomic mass is 10.2. The number of aromatic nitrogens is 3. The highest BCUT2D eigenvalue weighted by Crippen LogP contribution is 2.02. The van der Waals surface area contributed by atoms with Crippen LogP contribution in [0.3, 0.4) is 0 Å². The Morgan fingerprint density at radius 3 is 2.84 bits per heavy atom. The third-order valence-electron chi connectivity index (χ3n) is 2.61. The van der Waals surface area contributed by atoms with Crippen LogP contribution in [0.15, 0.2) is 36.5 Å². The lowest BCUT2D eigenvalue weighted by molar-refractivity contribution is 0.0917. The van der Waals surface area contributed by atoms with Gasteiger partial charge in [0.1, 0.15) is 0 Å². The van der Waals surface area contributed by atoms with Gasteiger partial charge >= 0.3 is 0 Å². The zero-order chi connectivity index (χ0) is 13.7. The number of benzene rings is 1. The van der Waals surface area contributed by atoms with Gasteiger partial charge in [0, 0.05) is 6.04 Å². The van der Waals surface area contributed by atoms with Gasteiger partial charge in [0.05, 0.1) is 19.3 Å². The van der Waals surface area contributed by atoms with E-state index >= 15 is 0 Å². The van der Waals surface area contributed by atoms with Crippen molar-refractivity contribution in [3.63, 3.8) is 0 Å². The van der Waals surface area contributed by atoms with E-state index in [1.807, 2.05) is 30.3 Å². The van der Waals surface area contributed by atoms with Crippen molar-refractivity contribution in [2.75, 3.05) is 6.61 Å². The van der Waals surface area contributed by atoms with Crippen LogP contribution in [0.2, 0.25) is 0 Å². The second kappa shape index (κ2) is 6.10. The first-order chi connectivity index (χ1) is 9.19. The predicted molar refractivity (Wildman–Crippen MR) is 69.6 cm³/mol. The third-order valence-corrected chi connectivity index (χ3v) is 2.61. The predicted octanol–water partition coefficient (Wildman–Crippen LogP) is 0.437. The van der Waals surface area contributed by atoms with Gasteiger partial charge in [0.15, 0.2) is 5.69 Å². The van der Waals surface area contributed by atoms with Crippen LogP contribution in [-0.2, 0) is 6.54 Å². The smallest absolute Gasteiger partial charge is 0.273 e. The van der Waals surface area contributed by atoms with E-state index in [9.17, 15) is 4.79 Å². The summed E-state index contributed by atoms with van der Waals surface area (Å²) in [5.74, 6) is -0.333. The largest absolute Gasteiger partial charge is 0.394 e. The molecule has 0 fully saturated rings. The van der Waals surface area contributed by atoms with E-state index in [0.29, 0.717) is 6.54 Å². The molecule has 2 rings (SSSR count). The van der Waals surface area contributed by atoms with Crippen LogP contribution in [0.4, 0.5) is 0 Å². The lowest BCUT2D eigenvalue weighted by Gasteiger charge is -2.08. The highest BCUT2D eigenvalue weighted by Gasteiger charge is 2.12. The van der Waals surface area contributed by atoms with E-state index in [0.717, 1.165) is 5.56 Å². The summed E-state index contributed by atoms with van der Waals surface area (Å²) >= 11 is 0. The van der Waals surface area contributed by atoms with E-state index in [2.05, 4.69) is 15.6 Å². The van der Waals surface area contributed by atoms with Gasteiger partial charge in [-0.05, 0) is 12.5 Å². The van der Waals surface area contributed by atoms with Crippen molar-refractivity contribution in [2.45, 2.75) is 19.5 Å². The summed E-state index contributed by atoms with van der Waals surface area (Å²) in [7, 11) is 0. The molecule has 1 unspecified atom stereocenters. The van der Waals surface area contributed by atoms with Gasteiger partial charge in [0.2, 0.25) is 0 Å². The molecule has 0 aliphatic heterocycles. The highest BCUT2D eigenvalue weighted by molar-refractivity contribution is 5.92. The maximum absolute atomic E-state index is 11.7. The first-order valence-corrected chi connectivity index (χ1v) is 6.05. The minimum absolute atomic E-state index is 0.107. The number of rotatable bonds is 5. The number of amides is 1. The summed E-state index contributed by atoms with van der Waals surface area (Å²) in [6.45, 7) is 2.17. The van der Waals surface area contributed by atoms with Gasteiger partial charge in [-0.25, -0.2) is 4.68 Å². The molecule has 1 atom stereocenters. The molecule has 6 heteroatoms. The van der Waals surface area contributed by atoms with Gasteiger partial charge in [-0.15, -0.1) is 5.10 Å². The van der Waals surface area contributed by atoms with Crippen LogP contribution in [-0.4, -0.2) is 38.7 Å². The zero-order valence-electron chi connectivity index (χ0n) is 10.7. The van der Waals surface area contributed by atoms with Crippen LogP contribution in [0.25, 0.3) is 0 Å². The highest BCUT2D eigenvalue weighted by atomic mass is 16.3. The number of carbonyl (C=O) groups is 1. The topological polar surface area (TPSA) is 80.0 Å². The normalized spacial score (nSPS) is 12.1. The van der Waals surface area contributed by atoms with E-state index < -0.39 is 0 Å². The van der Waals surface area contributed by atoms with Crippen molar-refractivity contribution in [3.8, 4) is 0 Å². The summed E-state index contributed by atoms with van der Waals surface area (Å²) < 4.78 is 1.61. The number of hydrogen-bond acceptors (Lipinski definition) is 4. The molecule has 1 aromatic heterocycles. The molecule has 0 spiro atoms. The van der Waals surface area contributed by atoms with E-state index in [1.165, 1.54) is 0 Å². The Hall–Kier alpha value is -2.21. The summed E-state index contributed by atoms with van der Waals surface area (Å²) in [5, 5.41) is 19.2. The van der Waals surface area contributed by atoms with Crippen LogP contribution < -0.4 is 5.32 Å². The first kappa shape index (κ1) is 13.2.